The number of carbonyl (C=O) groups excluding carboxylic acids is 1. The number of benzene rings is 1. The van der Waals surface area contributed by atoms with Crippen LogP contribution in [0.3, 0.4) is 0 Å². The van der Waals surface area contributed by atoms with Crippen molar-refractivity contribution in [2.45, 2.75) is 67.7 Å². The van der Waals surface area contributed by atoms with E-state index in [4.69, 9.17) is 9.84 Å². The van der Waals surface area contributed by atoms with Gasteiger partial charge in [-0.2, -0.15) is 0 Å². The van der Waals surface area contributed by atoms with Gasteiger partial charge in [0.2, 0.25) is 11.8 Å². The van der Waals surface area contributed by atoms with E-state index in [2.05, 4.69) is 59.6 Å². The molecule has 4 rings (SSSR count). The van der Waals surface area contributed by atoms with E-state index >= 15 is 0 Å². The van der Waals surface area contributed by atoms with Crippen molar-refractivity contribution in [1.29, 1.82) is 0 Å². The first-order chi connectivity index (χ1) is 20.8. The van der Waals surface area contributed by atoms with Gasteiger partial charge < -0.3 is 25.0 Å². The van der Waals surface area contributed by atoms with E-state index in [9.17, 15) is 9.59 Å². The molecule has 0 saturated carbocycles. The van der Waals surface area contributed by atoms with Crippen LogP contribution in [0.4, 0.5) is 17.1 Å². The first-order valence-electron chi connectivity index (χ1n) is 15.2. The number of pyridine rings is 1. The van der Waals surface area contributed by atoms with E-state index in [0.717, 1.165) is 58.8 Å². The van der Waals surface area contributed by atoms with Crippen LogP contribution in [-0.2, 0) is 16.0 Å². The highest BCUT2D eigenvalue weighted by atomic mass is 16.5. The zero-order chi connectivity index (χ0) is 32.4. The van der Waals surface area contributed by atoms with Crippen molar-refractivity contribution in [3.63, 3.8) is 0 Å². The minimum absolute atomic E-state index is 0.00417. The van der Waals surface area contributed by atoms with Crippen LogP contribution in [-0.4, -0.2) is 67.8 Å². The summed E-state index contributed by atoms with van der Waals surface area (Å²) in [6, 6.07) is 7.28. The number of nitrogens with zero attached hydrogens (tertiary/aromatic N) is 5. The number of amides is 1. The lowest BCUT2D eigenvalue weighted by Gasteiger charge is -2.35. The van der Waals surface area contributed by atoms with E-state index in [1.54, 1.807) is 12.1 Å². The molecule has 1 aromatic heterocycles. The number of ether oxygens (including phenoxy) is 1. The summed E-state index contributed by atoms with van der Waals surface area (Å²) >= 11 is 0. The molecule has 2 aliphatic heterocycles. The number of nitrogens with one attached hydrogen (secondary N) is 1. The molecule has 1 amide bonds. The molecule has 10 heteroatoms. The average Bonchev–Trinajstić information content (AvgIpc) is 2.98. The molecule has 10 nitrogen and oxygen atoms in total. The topological polar surface area (TPSA) is 120 Å². The highest BCUT2D eigenvalue weighted by Gasteiger charge is 2.31. The molecule has 0 radical (unpaired) electrons. The Morgan fingerprint density at radius 3 is 2.50 bits per heavy atom. The minimum Gasteiger partial charge on any atom is -0.481 e. The maximum absolute atomic E-state index is 13.1. The van der Waals surface area contributed by atoms with Crippen LogP contribution < -0.4 is 19.9 Å². The van der Waals surface area contributed by atoms with Crippen LogP contribution in [0.25, 0.3) is 0 Å². The second-order valence-electron chi connectivity index (χ2n) is 12.8. The molecule has 1 unspecified atom stereocenters. The van der Waals surface area contributed by atoms with Crippen LogP contribution in [0.1, 0.15) is 65.5 Å². The number of aromatic nitrogens is 1. The van der Waals surface area contributed by atoms with Gasteiger partial charge in [0.15, 0.2) is 0 Å². The quantitative estimate of drug-likeness (QED) is 0.312. The van der Waals surface area contributed by atoms with E-state index in [1.165, 1.54) is 0 Å². The standard InChI is InChI=1S/C29H36N6O4.C5H12/c1-5-19(2)29(38)35-12-13-39-28-27(35)20(3)25(16-32-28)34-11-10-22(24(17-34)30-4)15-31-18-33-23-8-6-21(7-9-23)14-26(36)37;1-5(2,3)4/h6-9,15-16,19,33H,4-5,10-14,17-18H2,1-3H3,(H,36,37);1-4H3/b31-15-;. The van der Waals surface area contributed by atoms with Crippen molar-refractivity contribution in [3.05, 3.63) is 52.9 Å². The summed E-state index contributed by atoms with van der Waals surface area (Å²) in [6.45, 7) is 21.2. The van der Waals surface area contributed by atoms with E-state index < -0.39 is 5.97 Å². The maximum Gasteiger partial charge on any atom is 0.307 e. The van der Waals surface area contributed by atoms with Crippen LogP contribution in [0.15, 0.2) is 51.7 Å². The summed E-state index contributed by atoms with van der Waals surface area (Å²) in [5.41, 5.74) is 6.68. The first kappa shape index (κ1) is 34.3. The molecular formula is C34H48N6O4. The summed E-state index contributed by atoms with van der Waals surface area (Å²) in [4.78, 5) is 41.3. The number of carboxylic acid groups (broad SMARTS) is 1. The molecule has 0 bridgehead atoms. The predicted molar refractivity (Wildman–Crippen MR) is 180 cm³/mol. The van der Waals surface area contributed by atoms with Gasteiger partial charge in [-0.15, -0.1) is 0 Å². The van der Waals surface area contributed by atoms with Crippen LogP contribution in [0.5, 0.6) is 5.88 Å². The van der Waals surface area contributed by atoms with Gasteiger partial charge in [-0.05, 0) is 55.2 Å². The Kier molecular flexibility index (Phi) is 12.1. The number of aliphatic imine (C=N–C) groups is 2. The van der Waals surface area contributed by atoms with Crippen molar-refractivity contribution < 1.29 is 19.4 Å². The van der Waals surface area contributed by atoms with Crippen LogP contribution >= 0.6 is 0 Å². The SMILES string of the molecule is C=NC1=C(/C=N\CNc2ccc(CC(=O)O)cc2)CCN(c2cnc3c(c2C)N(C(=O)C(C)CC)CCO3)C1.CC(C)(C)C. The monoisotopic (exact) mass is 604 g/mol. The molecule has 0 saturated heterocycles. The second-order valence-corrected chi connectivity index (χ2v) is 12.8. The van der Waals surface area contributed by atoms with Gasteiger partial charge in [-0.25, -0.2) is 4.98 Å². The number of aliphatic carboxylic acids is 1. The lowest BCUT2D eigenvalue weighted by atomic mass is 10.0. The Morgan fingerprint density at radius 2 is 1.89 bits per heavy atom. The fourth-order valence-electron chi connectivity index (χ4n) is 4.77. The molecule has 0 fully saturated rings. The summed E-state index contributed by atoms with van der Waals surface area (Å²) in [6.07, 6.45) is 5.18. The number of fused-ring (bicyclic) bond motifs is 1. The molecule has 2 aliphatic rings. The summed E-state index contributed by atoms with van der Waals surface area (Å²) in [5, 5.41) is 12.1. The summed E-state index contributed by atoms with van der Waals surface area (Å²) in [7, 11) is 0. The molecular weight excluding hydrogens is 556 g/mol. The van der Waals surface area contributed by atoms with Crippen LogP contribution in [0.2, 0.25) is 0 Å². The van der Waals surface area contributed by atoms with Gasteiger partial charge >= 0.3 is 5.97 Å². The number of anilines is 3. The molecule has 2 N–H and O–H groups in total. The minimum atomic E-state index is -0.850. The number of carboxylic acids is 1. The lowest BCUT2D eigenvalue weighted by Crippen LogP contribution is -2.42. The van der Waals surface area contributed by atoms with Crippen molar-refractivity contribution in [3.8, 4) is 5.88 Å². The molecule has 0 spiro atoms. The van der Waals surface area contributed by atoms with Gasteiger partial charge in [0.25, 0.3) is 0 Å². The maximum atomic E-state index is 13.1. The first-order valence-corrected chi connectivity index (χ1v) is 15.2. The number of rotatable bonds is 10. The van der Waals surface area contributed by atoms with Crippen molar-refractivity contribution in [1.82, 2.24) is 4.98 Å². The van der Waals surface area contributed by atoms with E-state index in [0.29, 0.717) is 37.7 Å². The van der Waals surface area contributed by atoms with Gasteiger partial charge in [0.1, 0.15) is 19.0 Å². The van der Waals surface area contributed by atoms with Gasteiger partial charge in [0, 0.05) is 29.9 Å². The second kappa shape index (κ2) is 15.5. The van der Waals surface area contributed by atoms with Crippen molar-refractivity contribution in [2.75, 3.05) is 48.0 Å². The van der Waals surface area contributed by atoms with Crippen molar-refractivity contribution >= 4 is 41.9 Å². The molecule has 3 heterocycles. The summed E-state index contributed by atoms with van der Waals surface area (Å²) in [5.74, 6) is -0.317. The van der Waals surface area contributed by atoms with Crippen LogP contribution in [0, 0.1) is 18.3 Å². The normalized spacial score (nSPS) is 15.6. The molecule has 0 aliphatic carbocycles. The van der Waals surface area contributed by atoms with Gasteiger partial charge in [0.05, 0.1) is 37.1 Å². The summed E-state index contributed by atoms with van der Waals surface area (Å²) < 4.78 is 5.80. The Balaban J connectivity index is 0.000000978. The smallest absolute Gasteiger partial charge is 0.307 e. The number of hydrogen-bond donors (Lipinski definition) is 2. The predicted octanol–water partition coefficient (Wildman–Crippen LogP) is 6.15. The largest absolute Gasteiger partial charge is 0.481 e. The molecule has 1 aromatic carbocycles. The third-order valence-electron chi connectivity index (χ3n) is 7.19. The van der Waals surface area contributed by atoms with Crippen molar-refractivity contribution in [2.24, 2.45) is 21.3 Å². The zero-order valence-electron chi connectivity index (χ0n) is 27.3. The molecule has 44 heavy (non-hydrogen) atoms. The van der Waals surface area contributed by atoms with Gasteiger partial charge in [-0.3, -0.25) is 19.6 Å². The van der Waals surface area contributed by atoms with E-state index in [-0.39, 0.29) is 18.2 Å². The van der Waals surface area contributed by atoms with Gasteiger partial charge in [-0.1, -0.05) is 53.7 Å². The Morgan fingerprint density at radius 1 is 1.20 bits per heavy atom. The Hall–Kier alpha value is -4.21. The third-order valence-corrected chi connectivity index (χ3v) is 7.19. The third kappa shape index (κ3) is 9.65. The Bertz CT molecular complexity index is 1370. The fourth-order valence-corrected chi connectivity index (χ4v) is 4.77. The molecule has 2 aromatic rings. The zero-order valence-corrected chi connectivity index (χ0v) is 27.3. The number of hydrogen-bond acceptors (Lipinski definition) is 8. The number of carbonyl (C=O) groups is 2. The Labute approximate surface area is 261 Å². The molecule has 1 atom stereocenters. The fraction of sp³-hybridized carbons (Fsp3) is 0.500. The highest BCUT2D eigenvalue weighted by molar-refractivity contribution is 5.98. The molecule has 238 valence electrons. The highest BCUT2D eigenvalue weighted by Crippen LogP contribution is 2.39. The van der Waals surface area contributed by atoms with E-state index in [1.807, 2.05) is 50.2 Å². The lowest BCUT2D eigenvalue weighted by molar-refractivity contribution is -0.136. The average molecular weight is 605 g/mol.